The summed E-state index contributed by atoms with van der Waals surface area (Å²) in [6, 6.07) is 10.2. The summed E-state index contributed by atoms with van der Waals surface area (Å²) in [4.78, 5) is 2.06. The number of hydrogen-bond donors (Lipinski definition) is 1. The van der Waals surface area contributed by atoms with Gasteiger partial charge in [-0.2, -0.15) is 21.0 Å². The van der Waals surface area contributed by atoms with Gasteiger partial charge in [-0.25, -0.2) is 0 Å². The van der Waals surface area contributed by atoms with Crippen LogP contribution in [-0.2, 0) is 10.0 Å². The third-order valence-corrected chi connectivity index (χ3v) is 6.61. The van der Waals surface area contributed by atoms with Crippen molar-refractivity contribution in [3.8, 4) is 5.75 Å². The Labute approximate surface area is 167 Å². The molecule has 1 aliphatic heterocycles. The number of hydrogen-bond acceptors (Lipinski definition) is 5. The zero-order chi connectivity index (χ0) is 20.3. The normalized spacial score (nSPS) is 15.0. The highest BCUT2D eigenvalue weighted by Crippen LogP contribution is 2.36. The van der Waals surface area contributed by atoms with Crippen LogP contribution in [0.5, 0.6) is 5.75 Å². The smallest absolute Gasteiger partial charge is 0.387 e. The average molecular weight is 432 g/mol. The molecule has 0 spiro atoms. The molecule has 1 fully saturated rings. The van der Waals surface area contributed by atoms with Gasteiger partial charge in [-0.15, -0.1) is 0 Å². The van der Waals surface area contributed by atoms with E-state index in [1.54, 1.807) is 12.1 Å². The number of nitrogens with one attached hydrogen (secondary N) is 1. The van der Waals surface area contributed by atoms with E-state index >= 15 is 0 Å². The summed E-state index contributed by atoms with van der Waals surface area (Å²) in [5.74, 6) is -0.328. The summed E-state index contributed by atoms with van der Waals surface area (Å²) < 4.78 is 56.2. The zero-order valence-electron chi connectivity index (χ0n) is 15.1. The molecular weight excluding hydrogens is 412 g/mol. The fraction of sp³-hybridized carbons (Fsp3) is 0.333. The van der Waals surface area contributed by atoms with Gasteiger partial charge in [0.2, 0.25) is 0 Å². The van der Waals surface area contributed by atoms with Crippen molar-refractivity contribution in [2.45, 2.75) is 18.4 Å². The van der Waals surface area contributed by atoms with E-state index in [2.05, 4.69) is 15.0 Å². The predicted molar refractivity (Wildman–Crippen MR) is 105 cm³/mol. The molecule has 6 nitrogen and oxygen atoms in total. The van der Waals surface area contributed by atoms with Crippen LogP contribution in [0.3, 0.4) is 0 Å². The maximum Gasteiger partial charge on any atom is 0.387 e. The van der Waals surface area contributed by atoms with Crippen molar-refractivity contribution in [1.82, 2.24) is 5.32 Å². The van der Waals surface area contributed by atoms with E-state index < -0.39 is 16.6 Å². The molecular formula is C18H20ClF2N3O3S. The molecule has 0 radical (unpaired) electrons. The van der Waals surface area contributed by atoms with Gasteiger partial charge in [-0.05, 0) is 36.8 Å². The van der Waals surface area contributed by atoms with Gasteiger partial charge in [0.1, 0.15) is 5.69 Å². The molecule has 28 heavy (non-hydrogen) atoms. The van der Waals surface area contributed by atoms with Crippen LogP contribution < -0.4 is 18.8 Å². The lowest BCUT2D eigenvalue weighted by molar-refractivity contribution is -0.0493. The molecule has 0 amide bonds. The SMILES string of the molecule is Cc1ccc(S(=O)(=O)N(Cl)c2ccccc2OC(F)F)cc1N1CCNCC1. The molecule has 1 heterocycles. The van der Waals surface area contributed by atoms with E-state index in [0.29, 0.717) is 3.82 Å². The number of benzene rings is 2. The predicted octanol–water partition coefficient (Wildman–Crippen LogP) is 3.36. The lowest BCUT2D eigenvalue weighted by Crippen LogP contribution is -2.43. The number of aryl methyl sites for hydroxylation is 1. The van der Waals surface area contributed by atoms with Crippen molar-refractivity contribution in [2.75, 3.05) is 34.9 Å². The number of rotatable bonds is 6. The fourth-order valence-electron chi connectivity index (χ4n) is 3.02. The second-order valence-electron chi connectivity index (χ2n) is 6.25. The molecule has 1 N–H and O–H groups in total. The van der Waals surface area contributed by atoms with Crippen molar-refractivity contribution < 1.29 is 21.9 Å². The van der Waals surface area contributed by atoms with Gasteiger partial charge in [-0.3, -0.25) is 0 Å². The summed E-state index contributed by atoms with van der Waals surface area (Å²) in [6.07, 6.45) is 0. The molecule has 0 aliphatic carbocycles. The molecule has 0 aromatic heterocycles. The Bertz CT molecular complexity index is 937. The van der Waals surface area contributed by atoms with Crippen molar-refractivity contribution in [2.24, 2.45) is 0 Å². The van der Waals surface area contributed by atoms with Crippen molar-refractivity contribution in [3.63, 3.8) is 0 Å². The Morgan fingerprint density at radius 2 is 1.86 bits per heavy atom. The summed E-state index contributed by atoms with van der Waals surface area (Å²) >= 11 is 6.10. The van der Waals surface area contributed by atoms with Gasteiger partial charge < -0.3 is 15.0 Å². The maximum absolute atomic E-state index is 13.0. The fourth-order valence-corrected chi connectivity index (χ4v) is 4.49. The molecule has 2 aromatic rings. The summed E-state index contributed by atoms with van der Waals surface area (Å²) in [7, 11) is -4.20. The molecule has 0 unspecified atom stereocenters. The monoisotopic (exact) mass is 431 g/mol. The number of piperazine rings is 1. The number of sulfonamides is 1. The molecule has 0 atom stereocenters. The van der Waals surface area contributed by atoms with E-state index in [9.17, 15) is 17.2 Å². The van der Waals surface area contributed by atoms with Crippen LogP contribution in [0.4, 0.5) is 20.2 Å². The minimum Gasteiger partial charge on any atom is -0.433 e. The van der Waals surface area contributed by atoms with Crippen molar-refractivity contribution >= 4 is 33.2 Å². The van der Waals surface area contributed by atoms with E-state index in [-0.39, 0.29) is 16.3 Å². The van der Waals surface area contributed by atoms with Crippen LogP contribution in [-0.4, -0.2) is 41.2 Å². The highest BCUT2D eigenvalue weighted by Gasteiger charge is 2.28. The van der Waals surface area contributed by atoms with E-state index in [1.807, 2.05) is 6.92 Å². The average Bonchev–Trinajstić information content (AvgIpc) is 2.68. The van der Waals surface area contributed by atoms with Crippen LogP contribution in [0.15, 0.2) is 47.4 Å². The summed E-state index contributed by atoms with van der Waals surface area (Å²) in [6.45, 7) is 1.90. The van der Waals surface area contributed by atoms with Gasteiger partial charge in [0.25, 0.3) is 10.0 Å². The second kappa shape index (κ2) is 8.50. The van der Waals surface area contributed by atoms with Gasteiger partial charge in [0.15, 0.2) is 5.75 Å². The Kier molecular flexibility index (Phi) is 6.26. The molecule has 152 valence electrons. The number of alkyl halides is 2. The molecule has 1 aliphatic rings. The molecule has 2 aromatic carbocycles. The summed E-state index contributed by atoms with van der Waals surface area (Å²) in [5.41, 5.74) is 1.54. The van der Waals surface area contributed by atoms with E-state index in [4.69, 9.17) is 11.8 Å². The minimum atomic E-state index is -4.20. The zero-order valence-corrected chi connectivity index (χ0v) is 16.7. The number of ether oxygens (including phenoxy) is 1. The van der Waals surface area contributed by atoms with E-state index in [1.165, 1.54) is 30.3 Å². The van der Waals surface area contributed by atoms with Crippen LogP contribution in [0, 0.1) is 6.92 Å². The van der Waals surface area contributed by atoms with Crippen LogP contribution in [0.1, 0.15) is 5.56 Å². The Hall–Kier alpha value is -2.10. The summed E-state index contributed by atoms with van der Waals surface area (Å²) in [5, 5.41) is 3.25. The molecule has 1 saturated heterocycles. The molecule has 3 rings (SSSR count). The highest BCUT2D eigenvalue weighted by atomic mass is 35.5. The topological polar surface area (TPSA) is 61.9 Å². The highest BCUT2D eigenvalue weighted by molar-refractivity contribution is 7.94. The Morgan fingerprint density at radius 3 is 2.54 bits per heavy atom. The first kappa shape index (κ1) is 20.6. The quantitative estimate of drug-likeness (QED) is 0.711. The van der Waals surface area contributed by atoms with Gasteiger partial charge in [0, 0.05) is 43.6 Å². The lowest BCUT2D eigenvalue weighted by Gasteiger charge is -2.31. The minimum absolute atomic E-state index is 0.0338. The number of anilines is 2. The number of halogens is 3. The lowest BCUT2D eigenvalue weighted by atomic mass is 10.1. The first-order chi connectivity index (χ1) is 13.3. The van der Waals surface area contributed by atoms with Crippen molar-refractivity contribution in [1.29, 1.82) is 0 Å². The number of nitrogens with zero attached hydrogens (tertiary/aromatic N) is 2. The van der Waals surface area contributed by atoms with Crippen LogP contribution in [0.25, 0.3) is 0 Å². The standard InChI is InChI=1S/C18H20ClF2N3O3S/c1-13-6-7-14(12-16(13)23-10-8-22-9-11-23)28(25,26)24(19)15-4-2-3-5-17(15)27-18(20)21/h2-7,12,18,22H,8-11H2,1H3. The largest absolute Gasteiger partial charge is 0.433 e. The first-order valence-corrected chi connectivity index (χ1v) is 10.4. The number of para-hydroxylation sites is 2. The Morgan fingerprint density at radius 1 is 1.18 bits per heavy atom. The van der Waals surface area contributed by atoms with Crippen LogP contribution in [0.2, 0.25) is 0 Å². The maximum atomic E-state index is 13.0. The Balaban J connectivity index is 1.97. The third-order valence-electron chi connectivity index (χ3n) is 4.42. The second-order valence-corrected chi connectivity index (χ2v) is 8.58. The van der Waals surface area contributed by atoms with Gasteiger partial charge >= 0.3 is 6.61 Å². The van der Waals surface area contributed by atoms with Gasteiger partial charge in [-0.1, -0.05) is 18.2 Å². The third kappa shape index (κ3) is 4.31. The van der Waals surface area contributed by atoms with Crippen LogP contribution >= 0.6 is 11.8 Å². The first-order valence-electron chi connectivity index (χ1n) is 8.62. The van der Waals surface area contributed by atoms with E-state index in [0.717, 1.165) is 37.4 Å². The van der Waals surface area contributed by atoms with Crippen molar-refractivity contribution in [3.05, 3.63) is 48.0 Å². The molecule has 0 bridgehead atoms. The molecule has 10 heteroatoms. The van der Waals surface area contributed by atoms with Gasteiger partial charge in [0.05, 0.1) is 4.90 Å². The molecule has 0 saturated carbocycles.